The lowest BCUT2D eigenvalue weighted by Gasteiger charge is -2.16. The number of nitrogens with zero attached hydrogens (tertiary/aromatic N) is 3. The van der Waals surface area contributed by atoms with Crippen molar-refractivity contribution in [2.24, 2.45) is 5.92 Å². The van der Waals surface area contributed by atoms with E-state index in [1.54, 1.807) is 6.92 Å². The third-order valence-electron chi connectivity index (χ3n) is 2.40. The Bertz CT molecular complexity index is 478. The zero-order valence-electron chi connectivity index (χ0n) is 13.2. The molecule has 21 heavy (non-hydrogen) atoms. The number of nitrogens with one attached hydrogen (secondary N) is 2. The first kappa shape index (κ1) is 16.9. The lowest BCUT2D eigenvalue weighted by molar-refractivity contribution is -0.121. The molecule has 1 unspecified atom stereocenters. The maximum atomic E-state index is 11.9. The number of hydrogen-bond acceptors (Lipinski definition) is 7. The van der Waals surface area contributed by atoms with Gasteiger partial charge in [-0.15, -0.1) is 0 Å². The van der Waals surface area contributed by atoms with Crippen LogP contribution in [0.4, 0.5) is 11.9 Å². The number of hydrogen-bond donors (Lipinski definition) is 3. The highest BCUT2D eigenvalue weighted by molar-refractivity contribution is 5.83. The standard InChI is InChI=1S/C13H24N6O2/c1-7(2)6-15-10(20)9(5)16-12-17-11(14)18-13(19-12)21-8(3)4/h7-9H,6H2,1-5H3,(H,15,20)(H3,14,16,17,18,19). The van der Waals surface area contributed by atoms with Gasteiger partial charge in [0.15, 0.2) is 0 Å². The van der Waals surface area contributed by atoms with Gasteiger partial charge in [0.25, 0.3) is 0 Å². The van der Waals surface area contributed by atoms with Gasteiger partial charge >= 0.3 is 6.01 Å². The van der Waals surface area contributed by atoms with Crippen molar-refractivity contribution in [1.82, 2.24) is 20.3 Å². The van der Waals surface area contributed by atoms with Gasteiger partial charge in [0, 0.05) is 6.54 Å². The number of ether oxygens (including phenoxy) is 1. The van der Waals surface area contributed by atoms with Gasteiger partial charge in [0.2, 0.25) is 17.8 Å². The minimum Gasteiger partial charge on any atom is -0.461 e. The van der Waals surface area contributed by atoms with E-state index in [4.69, 9.17) is 10.5 Å². The molecule has 4 N–H and O–H groups in total. The Balaban J connectivity index is 2.68. The van der Waals surface area contributed by atoms with Crippen LogP contribution in [0.25, 0.3) is 0 Å². The van der Waals surface area contributed by atoms with Crippen LogP contribution in [0.2, 0.25) is 0 Å². The summed E-state index contributed by atoms with van der Waals surface area (Å²) in [6, 6.07) is -0.354. The van der Waals surface area contributed by atoms with E-state index in [2.05, 4.69) is 25.6 Å². The van der Waals surface area contributed by atoms with E-state index in [-0.39, 0.29) is 29.9 Å². The first-order valence-electron chi connectivity index (χ1n) is 7.00. The summed E-state index contributed by atoms with van der Waals surface area (Å²) in [5.41, 5.74) is 5.60. The average molecular weight is 296 g/mol. The minimum atomic E-state index is -0.488. The quantitative estimate of drug-likeness (QED) is 0.682. The van der Waals surface area contributed by atoms with Crippen LogP contribution in [0.5, 0.6) is 6.01 Å². The number of rotatable bonds is 7. The second kappa shape index (κ2) is 7.61. The van der Waals surface area contributed by atoms with E-state index in [0.29, 0.717) is 12.5 Å². The summed E-state index contributed by atoms with van der Waals surface area (Å²) < 4.78 is 5.37. The molecule has 1 rings (SSSR count). The molecule has 1 atom stereocenters. The maximum absolute atomic E-state index is 11.9. The molecular formula is C13H24N6O2. The molecule has 1 aromatic heterocycles. The largest absolute Gasteiger partial charge is 0.461 e. The van der Waals surface area contributed by atoms with Gasteiger partial charge < -0.3 is 21.1 Å². The highest BCUT2D eigenvalue weighted by Gasteiger charge is 2.15. The summed E-state index contributed by atoms with van der Waals surface area (Å²) in [7, 11) is 0. The highest BCUT2D eigenvalue weighted by atomic mass is 16.5. The van der Waals surface area contributed by atoms with Gasteiger partial charge in [-0.3, -0.25) is 4.79 Å². The van der Waals surface area contributed by atoms with E-state index in [0.717, 1.165) is 0 Å². The average Bonchev–Trinajstić information content (AvgIpc) is 2.33. The maximum Gasteiger partial charge on any atom is 0.323 e. The summed E-state index contributed by atoms with van der Waals surface area (Å²) in [5.74, 6) is 0.511. The summed E-state index contributed by atoms with van der Waals surface area (Å²) in [6.45, 7) is 10.1. The summed E-state index contributed by atoms with van der Waals surface area (Å²) >= 11 is 0. The molecule has 0 bridgehead atoms. The third-order valence-corrected chi connectivity index (χ3v) is 2.40. The van der Waals surface area contributed by atoms with Crippen molar-refractivity contribution in [3.05, 3.63) is 0 Å². The fourth-order valence-corrected chi connectivity index (χ4v) is 1.42. The number of carbonyl (C=O) groups is 1. The monoisotopic (exact) mass is 296 g/mol. The molecule has 1 aromatic rings. The molecule has 0 aromatic carbocycles. The Labute approximate surface area is 124 Å². The molecule has 118 valence electrons. The second-order valence-corrected chi connectivity index (χ2v) is 5.47. The Morgan fingerprint density at radius 1 is 1.19 bits per heavy atom. The molecule has 0 fully saturated rings. The van der Waals surface area contributed by atoms with Crippen LogP contribution in [-0.4, -0.2) is 39.5 Å². The van der Waals surface area contributed by atoms with Crippen LogP contribution in [0, 0.1) is 5.92 Å². The van der Waals surface area contributed by atoms with Gasteiger partial charge in [0.1, 0.15) is 6.04 Å². The number of nitrogens with two attached hydrogens (primary N) is 1. The molecule has 1 heterocycles. The van der Waals surface area contributed by atoms with E-state index < -0.39 is 6.04 Å². The topological polar surface area (TPSA) is 115 Å². The molecular weight excluding hydrogens is 272 g/mol. The molecule has 0 aliphatic rings. The summed E-state index contributed by atoms with van der Waals surface area (Å²) in [4.78, 5) is 23.8. The highest BCUT2D eigenvalue weighted by Crippen LogP contribution is 2.11. The normalized spacial score (nSPS) is 12.3. The lowest BCUT2D eigenvalue weighted by atomic mass is 10.2. The zero-order valence-corrected chi connectivity index (χ0v) is 13.2. The molecule has 1 amide bonds. The fraction of sp³-hybridized carbons (Fsp3) is 0.692. The van der Waals surface area contributed by atoms with Crippen molar-refractivity contribution in [3.8, 4) is 6.01 Å². The van der Waals surface area contributed by atoms with E-state index in [9.17, 15) is 4.79 Å². The molecule has 0 saturated heterocycles. The molecule has 0 aliphatic carbocycles. The fourth-order valence-electron chi connectivity index (χ4n) is 1.42. The van der Waals surface area contributed by atoms with Gasteiger partial charge in [-0.2, -0.15) is 15.0 Å². The van der Waals surface area contributed by atoms with Crippen LogP contribution in [0.3, 0.4) is 0 Å². The van der Waals surface area contributed by atoms with Crippen LogP contribution in [0.1, 0.15) is 34.6 Å². The van der Waals surface area contributed by atoms with Crippen molar-refractivity contribution >= 4 is 17.8 Å². The number of amides is 1. The molecule has 8 nitrogen and oxygen atoms in total. The van der Waals surface area contributed by atoms with Gasteiger partial charge in [0.05, 0.1) is 6.10 Å². The van der Waals surface area contributed by atoms with E-state index >= 15 is 0 Å². The van der Waals surface area contributed by atoms with Crippen LogP contribution < -0.4 is 21.1 Å². The Kier molecular flexibility index (Phi) is 6.13. The van der Waals surface area contributed by atoms with Crippen LogP contribution in [0.15, 0.2) is 0 Å². The second-order valence-electron chi connectivity index (χ2n) is 5.47. The SMILES string of the molecule is CC(C)CNC(=O)C(C)Nc1nc(N)nc(OC(C)C)n1. The molecule has 8 heteroatoms. The van der Waals surface area contributed by atoms with Gasteiger partial charge in [-0.25, -0.2) is 0 Å². The van der Waals surface area contributed by atoms with Crippen molar-refractivity contribution in [1.29, 1.82) is 0 Å². The Hall–Kier alpha value is -2.12. The lowest BCUT2D eigenvalue weighted by Crippen LogP contribution is -2.39. The van der Waals surface area contributed by atoms with Crippen molar-refractivity contribution in [2.75, 3.05) is 17.6 Å². The first-order valence-corrected chi connectivity index (χ1v) is 7.00. The third kappa shape index (κ3) is 6.24. The van der Waals surface area contributed by atoms with Crippen LogP contribution in [-0.2, 0) is 4.79 Å². The van der Waals surface area contributed by atoms with E-state index in [1.807, 2.05) is 27.7 Å². The first-order chi connectivity index (χ1) is 9.77. The van der Waals surface area contributed by atoms with Gasteiger partial charge in [-0.05, 0) is 26.7 Å². The molecule has 0 aliphatic heterocycles. The zero-order chi connectivity index (χ0) is 16.0. The predicted octanol–water partition coefficient (Wildman–Crippen LogP) is 0.814. The predicted molar refractivity (Wildman–Crippen MR) is 80.9 cm³/mol. The number of carbonyl (C=O) groups excluding carboxylic acids is 1. The number of aromatic nitrogens is 3. The van der Waals surface area contributed by atoms with Gasteiger partial charge in [-0.1, -0.05) is 13.8 Å². The van der Waals surface area contributed by atoms with Crippen molar-refractivity contribution in [3.63, 3.8) is 0 Å². The summed E-state index contributed by atoms with van der Waals surface area (Å²) in [6.07, 6.45) is -0.0774. The molecule has 0 saturated carbocycles. The number of anilines is 2. The van der Waals surface area contributed by atoms with Crippen molar-refractivity contribution < 1.29 is 9.53 Å². The van der Waals surface area contributed by atoms with Crippen LogP contribution >= 0.6 is 0 Å². The van der Waals surface area contributed by atoms with E-state index in [1.165, 1.54) is 0 Å². The molecule has 0 radical (unpaired) electrons. The Morgan fingerprint density at radius 2 is 1.86 bits per heavy atom. The van der Waals surface area contributed by atoms with Crippen molar-refractivity contribution in [2.45, 2.75) is 46.8 Å². The minimum absolute atomic E-state index is 0.0398. The molecule has 0 spiro atoms. The smallest absolute Gasteiger partial charge is 0.323 e. The Morgan fingerprint density at radius 3 is 2.43 bits per heavy atom. The number of nitrogen functional groups attached to an aromatic ring is 1. The summed E-state index contributed by atoms with van der Waals surface area (Å²) in [5, 5.41) is 5.71.